The molecule has 1 aliphatic carbocycles. The number of hydrogen-bond donors (Lipinski definition) is 2. The van der Waals surface area contributed by atoms with Gasteiger partial charge in [-0.05, 0) is 31.4 Å². The fourth-order valence-electron chi connectivity index (χ4n) is 3.87. The number of halogens is 4. The van der Waals surface area contributed by atoms with Crippen molar-refractivity contribution >= 4 is 23.2 Å². The normalized spacial score (nSPS) is 20.3. The van der Waals surface area contributed by atoms with Crippen molar-refractivity contribution in [1.82, 2.24) is 24.6 Å². The van der Waals surface area contributed by atoms with Crippen LogP contribution in [0.2, 0.25) is 0 Å². The van der Waals surface area contributed by atoms with E-state index >= 15 is 0 Å². The van der Waals surface area contributed by atoms with E-state index in [0.717, 1.165) is 30.7 Å². The molecule has 0 amide bonds. The van der Waals surface area contributed by atoms with Gasteiger partial charge in [0.15, 0.2) is 5.65 Å². The van der Waals surface area contributed by atoms with Crippen molar-refractivity contribution in [3.8, 4) is 5.88 Å². The molecule has 3 heterocycles. The Morgan fingerprint density at radius 3 is 2.88 bits per heavy atom. The van der Waals surface area contributed by atoms with Gasteiger partial charge in [-0.25, -0.2) is 4.98 Å². The molecule has 172 valence electrons. The molecular formula is C20H22ClF3N6O2. The smallest absolute Gasteiger partial charge is 0.423 e. The number of ether oxygens (including phenoxy) is 1. The van der Waals surface area contributed by atoms with Gasteiger partial charge in [-0.1, -0.05) is 12.5 Å². The highest BCUT2D eigenvalue weighted by Crippen LogP contribution is 2.37. The monoisotopic (exact) mass is 470 g/mol. The van der Waals surface area contributed by atoms with Gasteiger partial charge in [0, 0.05) is 24.4 Å². The predicted molar refractivity (Wildman–Crippen MR) is 111 cm³/mol. The molecule has 32 heavy (non-hydrogen) atoms. The number of aliphatic hydroxyl groups excluding tert-OH is 1. The van der Waals surface area contributed by atoms with Crippen molar-refractivity contribution < 1.29 is 23.0 Å². The summed E-state index contributed by atoms with van der Waals surface area (Å²) in [5, 5.41) is 20.9. The fraction of sp³-hybridized carbons (Fsp3) is 0.500. The molecule has 0 saturated heterocycles. The molecule has 3 atom stereocenters. The quantitative estimate of drug-likeness (QED) is 0.508. The summed E-state index contributed by atoms with van der Waals surface area (Å²) in [5.41, 5.74) is -0.355. The first-order valence-electron chi connectivity index (χ1n) is 10.2. The number of aliphatic hydroxyl groups is 1. The Bertz CT molecular complexity index is 1060. The maximum Gasteiger partial charge on any atom is 0.423 e. The summed E-state index contributed by atoms with van der Waals surface area (Å²) >= 11 is 5.65. The highest BCUT2D eigenvalue weighted by atomic mass is 35.5. The minimum absolute atomic E-state index is 0.0241. The lowest BCUT2D eigenvalue weighted by molar-refractivity contribution is -0.140. The lowest BCUT2D eigenvalue weighted by Crippen LogP contribution is -2.29. The van der Waals surface area contributed by atoms with Crippen LogP contribution in [0.15, 0.2) is 30.6 Å². The number of nitrogens with zero attached hydrogens (tertiary/aromatic N) is 5. The number of alkyl halides is 4. The first kappa shape index (κ1) is 22.5. The van der Waals surface area contributed by atoms with Crippen molar-refractivity contribution in [1.29, 1.82) is 0 Å². The van der Waals surface area contributed by atoms with Crippen LogP contribution in [0.3, 0.4) is 0 Å². The van der Waals surface area contributed by atoms with Crippen LogP contribution < -0.4 is 10.1 Å². The minimum Gasteiger partial charge on any atom is -0.470 e. The Labute approximate surface area is 186 Å². The third-order valence-corrected chi connectivity index (χ3v) is 5.77. The van der Waals surface area contributed by atoms with E-state index in [0.29, 0.717) is 12.6 Å². The minimum atomic E-state index is -4.70. The van der Waals surface area contributed by atoms with E-state index in [-0.39, 0.29) is 23.8 Å². The molecule has 0 bridgehead atoms. The number of rotatable bonds is 7. The topological polar surface area (TPSA) is 97.5 Å². The van der Waals surface area contributed by atoms with E-state index in [1.165, 1.54) is 0 Å². The van der Waals surface area contributed by atoms with Gasteiger partial charge in [-0.15, -0.1) is 21.8 Å². The molecule has 1 saturated carbocycles. The number of fused-ring (bicyclic) bond motifs is 1. The zero-order valence-electron chi connectivity index (χ0n) is 17.0. The number of pyridine rings is 1. The van der Waals surface area contributed by atoms with E-state index < -0.39 is 30.3 Å². The fourth-order valence-corrected chi connectivity index (χ4v) is 4.03. The Hall–Kier alpha value is -2.66. The molecule has 0 aliphatic heterocycles. The molecular weight excluding hydrogens is 449 g/mol. The van der Waals surface area contributed by atoms with Crippen molar-refractivity contribution in [2.24, 2.45) is 0 Å². The molecule has 0 aromatic carbocycles. The summed E-state index contributed by atoms with van der Waals surface area (Å²) in [7, 11) is 0. The van der Waals surface area contributed by atoms with Gasteiger partial charge in [0.05, 0.1) is 12.5 Å². The second-order valence-electron chi connectivity index (χ2n) is 7.68. The molecule has 3 aromatic heterocycles. The number of nitrogens with one attached hydrogen (secondary N) is 1. The van der Waals surface area contributed by atoms with E-state index in [1.807, 2.05) is 28.8 Å². The lowest BCUT2D eigenvalue weighted by atomic mass is 9.85. The second-order valence-corrected chi connectivity index (χ2v) is 7.99. The van der Waals surface area contributed by atoms with Crippen molar-refractivity contribution in [3.63, 3.8) is 0 Å². The van der Waals surface area contributed by atoms with Crippen molar-refractivity contribution in [3.05, 3.63) is 42.0 Å². The van der Waals surface area contributed by atoms with E-state index in [4.69, 9.17) is 16.3 Å². The molecule has 3 aromatic rings. The van der Waals surface area contributed by atoms with Crippen LogP contribution >= 0.6 is 11.6 Å². The van der Waals surface area contributed by atoms with Crippen LogP contribution in [0.25, 0.3) is 5.65 Å². The molecule has 4 rings (SSSR count). The Balaban J connectivity index is 1.52. The first-order chi connectivity index (χ1) is 15.4. The van der Waals surface area contributed by atoms with Crippen LogP contribution in [0, 0.1) is 0 Å². The van der Waals surface area contributed by atoms with Crippen LogP contribution in [0.4, 0.5) is 19.1 Å². The number of hydrogen-bond acceptors (Lipinski definition) is 7. The Kier molecular flexibility index (Phi) is 6.66. The van der Waals surface area contributed by atoms with E-state index in [1.54, 1.807) is 0 Å². The summed E-state index contributed by atoms with van der Waals surface area (Å²) in [6.07, 6.45) is 0.243. The van der Waals surface area contributed by atoms with Gasteiger partial charge in [0.1, 0.15) is 17.5 Å². The highest BCUT2D eigenvalue weighted by molar-refractivity contribution is 6.18. The molecule has 12 heteroatoms. The second kappa shape index (κ2) is 9.45. The lowest BCUT2D eigenvalue weighted by Gasteiger charge is -2.29. The van der Waals surface area contributed by atoms with E-state index in [2.05, 4.69) is 25.5 Å². The summed E-state index contributed by atoms with van der Waals surface area (Å²) in [4.78, 5) is 7.78. The SMILES string of the molecule is OCC(CCl)Oc1nc(N[C@@H]2CCC[C@H](c3nnc4ccccn34)C2)ncc1C(F)(F)F. The summed E-state index contributed by atoms with van der Waals surface area (Å²) in [5.74, 6) is 0.176. The third kappa shape index (κ3) is 4.88. The van der Waals surface area contributed by atoms with E-state index in [9.17, 15) is 18.3 Å². The van der Waals surface area contributed by atoms with Crippen molar-refractivity contribution in [2.75, 3.05) is 17.8 Å². The van der Waals surface area contributed by atoms with Gasteiger partial charge in [0.2, 0.25) is 11.8 Å². The number of aromatic nitrogens is 5. The average Bonchev–Trinajstić information content (AvgIpc) is 3.21. The van der Waals surface area contributed by atoms with Crippen LogP contribution in [0.1, 0.15) is 43.0 Å². The van der Waals surface area contributed by atoms with Crippen LogP contribution in [0.5, 0.6) is 5.88 Å². The molecule has 1 unspecified atom stereocenters. The molecule has 1 aliphatic rings. The Morgan fingerprint density at radius 2 is 2.12 bits per heavy atom. The maximum atomic E-state index is 13.3. The molecule has 2 N–H and O–H groups in total. The predicted octanol–water partition coefficient (Wildman–Crippen LogP) is 3.65. The third-order valence-electron chi connectivity index (χ3n) is 5.43. The van der Waals surface area contributed by atoms with Gasteiger partial charge >= 0.3 is 6.18 Å². The van der Waals surface area contributed by atoms with Crippen LogP contribution in [-0.4, -0.2) is 54.3 Å². The van der Waals surface area contributed by atoms with Gasteiger partial charge in [-0.3, -0.25) is 4.40 Å². The molecule has 0 spiro atoms. The highest BCUT2D eigenvalue weighted by Gasteiger charge is 2.37. The van der Waals surface area contributed by atoms with Gasteiger partial charge in [0.25, 0.3) is 0 Å². The first-order valence-corrected chi connectivity index (χ1v) is 10.8. The maximum absolute atomic E-state index is 13.3. The molecule has 0 radical (unpaired) electrons. The van der Waals surface area contributed by atoms with Gasteiger partial charge < -0.3 is 15.2 Å². The largest absolute Gasteiger partial charge is 0.470 e. The summed E-state index contributed by atoms with van der Waals surface area (Å²) in [6.45, 7) is -0.538. The Morgan fingerprint density at radius 1 is 1.28 bits per heavy atom. The van der Waals surface area contributed by atoms with Crippen molar-refractivity contribution in [2.45, 2.75) is 49.9 Å². The molecule has 1 fully saturated rings. The zero-order chi connectivity index (χ0) is 22.7. The standard InChI is InChI=1S/C20H22ClF3N6O2/c21-9-14(11-31)32-18-15(20(22,23)24)10-25-19(27-18)26-13-5-3-4-12(8-13)17-29-28-16-6-1-2-7-30(16)17/h1-2,6-7,10,12-14,31H,3-5,8-9,11H2,(H,25,26,27)/t12-,13+,14?/m0/s1. The molecule has 8 nitrogen and oxygen atoms in total. The summed E-state index contributed by atoms with van der Waals surface area (Å²) in [6, 6.07) is 5.63. The average molecular weight is 471 g/mol. The van der Waals surface area contributed by atoms with Crippen LogP contribution in [-0.2, 0) is 6.18 Å². The number of anilines is 1. The zero-order valence-corrected chi connectivity index (χ0v) is 17.7. The van der Waals surface area contributed by atoms with Gasteiger partial charge in [-0.2, -0.15) is 18.2 Å². The summed E-state index contributed by atoms with van der Waals surface area (Å²) < 4.78 is 47.2.